The maximum Gasteiger partial charge on any atom is 0.304 e. The van der Waals surface area contributed by atoms with E-state index in [1.807, 2.05) is 0 Å². The Hall–Kier alpha value is -1.76. The molecule has 6 N–H and O–H groups in total. The standard InChI is InChI=1S/C17H31N3O8/c1-11(21)5-9-19(3)16(27)14(18(2)8-6-12(22)23)17(28,15(16)26)20(4)10-7-13(24)25/h14-15,21,26-28H,1,5-10H2,2-4H3,(H,22,23)(H,24,25). The third-order valence-corrected chi connectivity index (χ3v) is 5.35. The van der Waals surface area contributed by atoms with Crippen LogP contribution in [0.5, 0.6) is 0 Å². The number of carboxylic acids is 2. The molecule has 1 aliphatic rings. The van der Waals surface area contributed by atoms with Gasteiger partial charge in [0, 0.05) is 26.1 Å². The predicted molar refractivity (Wildman–Crippen MR) is 98.5 cm³/mol. The first-order valence-corrected chi connectivity index (χ1v) is 8.85. The second kappa shape index (κ2) is 9.16. The van der Waals surface area contributed by atoms with Crippen LogP contribution in [0.4, 0.5) is 0 Å². The molecule has 1 saturated carbocycles. The van der Waals surface area contributed by atoms with Crippen molar-refractivity contribution < 1.29 is 40.2 Å². The molecule has 1 rings (SSSR count). The molecule has 1 aliphatic carbocycles. The number of hydrogen-bond acceptors (Lipinski definition) is 9. The molecule has 0 heterocycles. The van der Waals surface area contributed by atoms with Gasteiger partial charge in [0.25, 0.3) is 0 Å². The lowest BCUT2D eigenvalue weighted by Gasteiger charge is -2.67. The summed E-state index contributed by atoms with van der Waals surface area (Å²) >= 11 is 0. The van der Waals surface area contributed by atoms with Gasteiger partial charge in [-0.1, -0.05) is 6.58 Å². The Morgan fingerprint density at radius 3 is 1.64 bits per heavy atom. The summed E-state index contributed by atoms with van der Waals surface area (Å²) < 4.78 is 0. The highest BCUT2D eigenvalue weighted by atomic mass is 16.4. The van der Waals surface area contributed by atoms with Crippen molar-refractivity contribution in [3.8, 4) is 0 Å². The van der Waals surface area contributed by atoms with Crippen molar-refractivity contribution in [2.24, 2.45) is 0 Å². The fourth-order valence-corrected chi connectivity index (χ4v) is 3.63. The Morgan fingerprint density at radius 1 is 0.857 bits per heavy atom. The van der Waals surface area contributed by atoms with Gasteiger partial charge >= 0.3 is 11.9 Å². The summed E-state index contributed by atoms with van der Waals surface area (Å²) in [5.74, 6) is -2.27. The molecular formula is C17H31N3O8. The van der Waals surface area contributed by atoms with Crippen LogP contribution in [0.15, 0.2) is 12.3 Å². The summed E-state index contributed by atoms with van der Waals surface area (Å²) in [6.07, 6.45) is -2.14. The molecule has 0 aromatic carbocycles. The molecule has 0 saturated heterocycles. The zero-order chi connectivity index (χ0) is 21.9. The van der Waals surface area contributed by atoms with Gasteiger partial charge < -0.3 is 30.6 Å². The van der Waals surface area contributed by atoms with Gasteiger partial charge in [-0.3, -0.25) is 24.3 Å². The zero-order valence-corrected chi connectivity index (χ0v) is 16.4. The predicted octanol–water partition coefficient (Wildman–Crippen LogP) is -1.69. The largest absolute Gasteiger partial charge is 0.513 e. The minimum Gasteiger partial charge on any atom is -0.513 e. The quantitative estimate of drug-likeness (QED) is 0.162. The van der Waals surface area contributed by atoms with Gasteiger partial charge in [-0.2, -0.15) is 0 Å². The highest BCUT2D eigenvalue weighted by Crippen LogP contribution is 2.48. The van der Waals surface area contributed by atoms with Crippen LogP contribution in [-0.4, -0.2) is 122 Å². The van der Waals surface area contributed by atoms with E-state index in [1.165, 1.54) is 35.8 Å². The number of carbonyl (C=O) groups is 2. The Bertz CT molecular complexity index is 565. The fraction of sp³-hybridized carbons (Fsp3) is 0.765. The molecule has 1 fully saturated rings. The van der Waals surface area contributed by atoms with Gasteiger partial charge in [0.2, 0.25) is 0 Å². The lowest BCUT2D eigenvalue weighted by Crippen LogP contribution is -2.92. The highest BCUT2D eigenvalue weighted by molar-refractivity contribution is 5.67. The Kier molecular flexibility index (Phi) is 7.94. The van der Waals surface area contributed by atoms with Crippen molar-refractivity contribution in [1.82, 2.24) is 14.7 Å². The average molecular weight is 405 g/mol. The number of likely N-dealkylation sites (N-methyl/N-ethyl adjacent to an activating group) is 3. The lowest BCUT2D eigenvalue weighted by atomic mass is 9.67. The zero-order valence-electron chi connectivity index (χ0n) is 16.4. The molecular weight excluding hydrogens is 374 g/mol. The first kappa shape index (κ1) is 24.3. The van der Waals surface area contributed by atoms with Crippen LogP contribution >= 0.6 is 0 Å². The SMILES string of the molecule is C=C(O)CCN(C)C1(O)C(O)C(O)(N(C)CCC(=O)O)C1N(C)CCC(=O)O. The second-order valence-corrected chi connectivity index (χ2v) is 7.30. The highest BCUT2D eigenvalue weighted by Gasteiger charge is 2.75. The first-order valence-electron chi connectivity index (χ1n) is 8.85. The van der Waals surface area contributed by atoms with E-state index in [9.17, 15) is 30.0 Å². The maximum absolute atomic E-state index is 11.2. The van der Waals surface area contributed by atoms with Gasteiger partial charge in [0.15, 0.2) is 11.4 Å². The van der Waals surface area contributed by atoms with Gasteiger partial charge in [-0.15, -0.1) is 0 Å². The molecule has 28 heavy (non-hydrogen) atoms. The molecule has 162 valence electrons. The van der Waals surface area contributed by atoms with Gasteiger partial charge in [-0.05, 0) is 21.1 Å². The van der Waals surface area contributed by atoms with Gasteiger partial charge in [0.1, 0.15) is 12.1 Å². The van der Waals surface area contributed by atoms with E-state index in [4.69, 9.17) is 10.2 Å². The van der Waals surface area contributed by atoms with Crippen molar-refractivity contribution in [3.63, 3.8) is 0 Å². The molecule has 0 bridgehead atoms. The Balaban J connectivity index is 3.16. The van der Waals surface area contributed by atoms with Crippen LogP contribution in [0.1, 0.15) is 19.3 Å². The Morgan fingerprint density at radius 2 is 1.25 bits per heavy atom. The number of aliphatic carboxylic acids is 2. The lowest BCUT2D eigenvalue weighted by molar-refractivity contribution is -0.397. The molecule has 11 nitrogen and oxygen atoms in total. The molecule has 0 aromatic heterocycles. The monoisotopic (exact) mass is 405 g/mol. The summed E-state index contributed by atoms with van der Waals surface area (Å²) in [6.45, 7) is 3.36. The normalized spacial score (nSPS) is 29.9. The van der Waals surface area contributed by atoms with Crippen LogP contribution in [0.25, 0.3) is 0 Å². The molecule has 0 radical (unpaired) electrons. The molecule has 0 spiro atoms. The van der Waals surface area contributed by atoms with Crippen LogP contribution in [0.2, 0.25) is 0 Å². The van der Waals surface area contributed by atoms with Crippen LogP contribution in [0.3, 0.4) is 0 Å². The summed E-state index contributed by atoms with van der Waals surface area (Å²) in [5, 5.41) is 60.2. The minimum atomic E-state index is -2.01. The van der Waals surface area contributed by atoms with Crippen molar-refractivity contribution in [3.05, 3.63) is 12.3 Å². The Labute approximate surface area is 163 Å². The van der Waals surface area contributed by atoms with Crippen LogP contribution in [0, 0.1) is 0 Å². The topological polar surface area (TPSA) is 165 Å². The molecule has 4 unspecified atom stereocenters. The van der Waals surface area contributed by atoms with Crippen molar-refractivity contribution in [2.75, 3.05) is 40.8 Å². The van der Waals surface area contributed by atoms with Crippen LogP contribution < -0.4 is 0 Å². The van der Waals surface area contributed by atoms with Crippen molar-refractivity contribution in [1.29, 1.82) is 0 Å². The van der Waals surface area contributed by atoms with Gasteiger partial charge in [-0.25, -0.2) is 0 Å². The van der Waals surface area contributed by atoms with E-state index in [1.54, 1.807) is 0 Å². The van der Waals surface area contributed by atoms with Gasteiger partial charge in [0.05, 0.1) is 18.6 Å². The number of carboxylic acid groups (broad SMARTS) is 2. The van der Waals surface area contributed by atoms with Crippen molar-refractivity contribution >= 4 is 11.9 Å². The van der Waals surface area contributed by atoms with E-state index in [2.05, 4.69) is 6.58 Å². The third kappa shape index (κ3) is 4.62. The van der Waals surface area contributed by atoms with E-state index >= 15 is 0 Å². The smallest absolute Gasteiger partial charge is 0.304 e. The molecule has 11 heteroatoms. The average Bonchev–Trinajstić information content (AvgIpc) is 2.61. The maximum atomic E-state index is 11.2. The van der Waals surface area contributed by atoms with Crippen molar-refractivity contribution in [2.45, 2.75) is 42.9 Å². The third-order valence-electron chi connectivity index (χ3n) is 5.35. The minimum absolute atomic E-state index is 0.0232. The van der Waals surface area contributed by atoms with E-state index < -0.39 is 35.5 Å². The second-order valence-electron chi connectivity index (χ2n) is 7.30. The van der Waals surface area contributed by atoms with E-state index in [0.717, 1.165) is 0 Å². The first-order chi connectivity index (χ1) is 12.8. The summed E-state index contributed by atoms with van der Waals surface area (Å²) in [4.78, 5) is 25.8. The number of nitrogens with zero attached hydrogens (tertiary/aromatic N) is 3. The number of hydrogen-bond donors (Lipinski definition) is 6. The molecule has 0 amide bonds. The van der Waals surface area contributed by atoms with E-state index in [0.29, 0.717) is 0 Å². The van der Waals surface area contributed by atoms with E-state index in [-0.39, 0.29) is 44.7 Å². The fourth-order valence-electron chi connectivity index (χ4n) is 3.63. The summed E-state index contributed by atoms with van der Waals surface area (Å²) in [6, 6.07) is -1.15. The summed E-state index contributed by atoms with van der Waals surface area (Å²) in [5.41, 5.74) is -3.98. The number of aliphatic hydroxyl groups is 4. The van der Waals surface area contributed by atoms with Crippen LogP contribution in [-0.2, 0) is 9.59 Å². The number of rotatable bonds is 12. The molecule has 4 atom stereocenters. The molecule has 0 aromatic rings. The number of aliphatic hydroxyl groups excluding tert-OH is 2. The summed E-state index contributed by atoms with van der Waals surface area (Å²) in [7, 11) is 4.40. The molecule has 0 aliphatic heterocycles.